The van der Waals surface area contributed by atoms with E-state index < -0.39 is 0 Å². The van der Waals surface area contributed by atoms with E-state index in [-0.39, 0.29) is 5.91 Å². The molecule has 0 atom stereocenters. The number of aryl methyl sites for hydroxylation is 1. The fourth-order valence-electron chi connectivity index (χ4n) is 1.50. The van der Waals surface area contributed by atoms with Crippen LogP contribution in [0.25, 0.3) is 0 Å². The smallest absolute Gasteiger partial charge is 0.239 e. The Balaban J connectivity index is 2.33. The molecule has 1 amide bonds. The number of anilines is 1. The number of amides is 1. The molecule has 100 valence electrons. The molecule has 1 aromatic carbocycles. The van der Waals surface area contributed by atoms with Gasteiger partial charge in [-0.1, -0.05) is 19.9 Å². The summed E-state index contributed by atoms with van der Waals surface area (Å²) in [5.74, 6) is 0.646. The second kappa shape index (κ2) is 7.41. The summed E-state index contributed by atoms with van der Waals surface area (Å²) in [7, 11) is 0. The predicted molar refractivity (Wildman–Crippen MR) is 79.8 cm³/mol. The highest BCUT2D eigenvalue weighted by molar-refractivity contribution is 9.10. The minimum Gasteiger partial charge on any atom is -0.375 e. The van der Waals surface area contributed by atoms with E-state index in [9.17, 15) is 4.79 Å². The molecule has 0 bridgehead atoms. The van der Waals surface area contributed by atoms with E-state index in [0.29, 0.717) is 12.5 Å². The van der Waals surface area contributed by atoms with Crippen molar-refractivity contribution in [2.75, 3.05) is 18.4 Å². The lowest BCUT2D eigenvalue weighted by Crippen LogP contribution is -2.31. The monoisotopic (exact) mass is 312 g/mol. The number of hydrogen-bond donors (Lipinski definition) is 2. The Kier molecular flexibility index (Phi) is 6.19. The van der Waals surface area contributed by atoms with Gasteiger partial charge in [0.15, 0.2) is 0 Å². The molecule has 0 fully saturated rings. The van der Waals surface area contributed by atoms with E-state index in [0.717, 1.165) is 23.1 Å². The third-order valence-corrected chi connectivity index (χ3v) is 3.26. The first-order valence-corrected chi connectivity index (χ1v) is 7.05. The number of nitrogens with one attached hydrogen (secondary N) is 2. The number of halogens is 1. The SMILES string of the molecule is Cc1ccc(NCC(=O)NCCC(C)C)c(Br)c1. The molecule has 4 heteroatoms. The molecule has 1 aromatic rings. The molecule has 0 aliphatic rings. The van der Waals surface area contributed by atoms with Gasteiger partial charge in [-0.05, 0) is 52.9 Å². The highest BCUT2D eigenvalue weighted by atomic mass is 79.9. The fraction of sp³-hybridized carbons (Fsp3) is 0.500. The first-order chi connectivity index (χ1) is 8.49. The van der Waals surface area contributed by atoms with E-state index in [4.69, 9.17) is 0 Å². The van der Waals surface area contributed by atoms with Crippen LogP contribution in [-0.4, -0.2) is 19.0 Å². The van der Waals surface area contributed by atoms with E-state index in [1.54, 1.807) is 0 Å². The quantitative estimate of drug-likeness (QED) is 0.846. The molecule has 3 nitrogen and oxygen atoms in total. The van der Waals surface area contributed by atoms with Crippen molar-refractivity contribution in [2.45, 2.75) is 27.2 Å². The van der Waals surface area contributed by atoms with Crippen LogP contribution < -0.4 is 10.6 Å². The van der Waals surface area contributed by atoms with Gasteiger partial charge in [-0.3, -0.25) is 4.79 Å². The zero-order valence-electron chi connectivity index (χ0n) is 11.2. The van der Waals surface area contributed by atoms with Crippen LogP contribution >= 0.6 is 15.9 Å². The molecule has 1 rings (SSSR count). The summed E-state index contributed by atoms with van der Waals surface area (Å²) in [6.45, 7) is 7.38. The Labute approximate surface area is 117 Å². The average molecular weight is 313 g/mol. The van der Waals surface area contributed by atoms with Gasteiger partial charge in [0.1, 0.15) is 0 Å². The maximum absolute atomic E-state index is 11.6. The summed E-state index contributed by atoms with van der Waals surface area (Å²) in [6.07, 6.45) is 1.01. The largest absolute Gasteiger partial charge is 0.375 e. The Hall–Kier alpha value is -1.03. The van der Waals surface area contributed by atoms with Gasteiger partial charge >= 0.3 is 0 Å². The summed E-state index contributed by atoms with van der Waals surface area (Å²) < 4.78 is 0.984. The molecule has 0 spiro atoms. The average Bonchev–Trinajstić information content (AvgIpc) is 2.27. The van der Waals surface area contributed by atoms with Gasteiger partial charge in [-0.2, -0.15) is 0 Å². The Morgan fingerprint density at radius 3 is 2.72 bits per heavy atom. The van der Waals surface area contributed by atoms with Crippen LogP contribution in [-0.2, 0) is 4.79 Å². The number of carbonyl (C=O) groups is 1. The van der Waals surface area contributed by atoms with Crippen LogP contribution in [0.2, 0.25) is 0 Å². The maximum atomic E-state index is 11.6. The van der Waals surface area contributed by atoms with E-state index in [2.05, 4.69) is 40.4 Å². The summed E-state index contributed by atoms with van der Waals surface area (Å²) in [6, 6.07) is 6.02. The fourth-order valence-corrected chi connectivity index (χ4v) is 2.14. The highest BCUT2D eigenvalue weighted by Crippen LogP contribution is 2.22. The van der Waals surface area contributed by atoms with Crippen molar-refractivity contribution in [3.05, 3.63) is 28.2 Å². The van der Waals surface area contributed by atoms with Crippen LogP contribution in [0.3, 0.4) is 0 Å². The van der Waals surface area contributed by atoms with Crippen LogP contribution in [0, 0.1) is 12.8 Å². The third kappa shape index (κ3) is 5.54. The topological polar surface area (TPSA) is 41.1 Å². The van der Waals surface area contributed by atoms with Gasteiger partial charge in [0.05, 0.1) is 6.54 Å². The van der Waals surface area contributed by atoms with E-state index in [1.165, 1.54) is 5.56 Å². The molecule has 0 aromatic heterocycles. The Bertz CT molecular complexity index is 405. The zero-order chi connectivity index (χ0) is 13.5. The number of benzene rings is 1. The second-order valence-corrected chi connectivity index (χ2v) is 5.72. The number of rotatable bonds is 6. The molecule has 0 saturated carbocycles. The van der Waals surface area contributed by atoms with Crippen molar-refractivity contribution in [3.63, 3.8) is 0 Å². The molecule has 0 heterocycles. The van der Waals surface area contributed by atoms with Gasteiger partial charge in [-0.15, -0.1) is 0 Å². The Morgan fingerprint density at radius 2 is 2.11 bits per heavy atom. The maximum Gasteiger partial charge on any atom is 0.239 e. The van der Waals surface area contributed by atoms with Gasteiger partial charge < -0.3 is 10.6 Å². The number of carbonyl (C=O) groups excluding carboxylic acids is 1. The molecule has 0 aliphatic heterocycles. The van der Waals surface area contributed by atoms with Crippen molar-refractivity contribution in [3.8, 4) is 0 Å². The minimum atomic E-state index is 0.0307. The summed E-state index contributed by atoms with van der Waals surface area (Å²) in [5.41, 5.74) is 2.13. The van der Waals surface area contributed by atoms with E-state index >= 15 is 0 Å². The molecule has 0 unspecified atom stereocenters. The molecule has 0 aliphatic carbocycles. The van der Waals surface area contributed by atoms with E-state index in [1.807, 2.05) is 25.1 Å². The number of hydrogen-bond acceptors (Lipinski definition) is 2. The molecular formula is C14H21BrN2O. The van der Waals surface area contributed by atoms with Gasteiger partial charge in [0, 0.05) is 16.7 Å². The van der Waals surface area contributed by atoms with Crippen LogP contribution in [0.1, 0.15) is 25.8 Å². The van der Waals surface area contributed by atoms with Gasteiger partial charge in [-0.25, -0.2) is 0 Å². The van der Waals surface area contributed by atoms with Crippen molar-refractivity contribution >= 4 is 27.5 Å². The molecule has 0 radical (unpaired) electrons. The molecule has 2 N–H and O–H groups in total. The molecule has 0 saturated heterocycles. The predicted octanol–water partition coefficient (Wildman–Crippen LogP) is 3.33. The van der Waals surface area contributed by atoms with Crippen molar-refractivity contribution in [2.24, 2.45) is 5.92 Å². The highest BCUT2D eigenvalue weighted by Gasteiger charge is 2.04. The lowest BCUT2D eigenvalue weighted by atomic mass is 10.1. The summed E-state index contributed by atoms with van der Waals surface area (Å²) >= 11 is 3.47. The lowest BCUT2D eigenvalue weighted by Gasteiger charge is -2.10. The Morgan fingerprint density at radius 1 is 1.39 bits per heavy atom. The zero-order valence-corrected chi connectivity index (χ0v) is 12.8. The first-order valence-electron chi connectivity index (χ1n) is 6.25. The molecule has 18 heavy (non-hydrogen) atoms. The lowest BCUT2D eigenvalue weighted by molar-refractivity contribution is -0.119. The molecular weight excluding hydrogens is 292 g/mol. The standard InChI is InChI=1S/C14H21BrN2O/c1-10(2)6-7-16-14(18)9-17-13-5-4-11(3)8-12(13)15/h4-5,8,10,17H,6-7,9H2,1-3H3,(H,16,18). The third-order valence-electron chi connectivity index (χ3n) is 2.61. The van der Waals surface area contributed by atoms with Crippen LogP contribution in [0.4, 0.5) is 5.69 Å². The van der Waals surface area contributed by atoms with Crippen LogP contribution in [0.15, 0.2) is 22.7 Å². The second-order valence-electron chi connectivity index (χ2n) is 4.87. The first kappa shape index (κ1) is 15.0. The minimum absolute atomic E-state index is 0.0307. The van der Waals surface area contributed by atoms with Crippen molar-refractivity contribution in [1.82, 2.24) is 5.32 Å². The van der Waals surface area contributed by atoms with Gasteiger partial charge in [0.25, 0.3) is 0 Å². The normalized spacial score (nSPS) is 10.5. The van der Waals surface area contributed by atoms with Crippen LogP contribution in [0.5, 0.6) is 0 Å². The summed E-state index contributed by atoms with van der Waals surface area (Å²) in [4.78, 5) is 11.6. The van der Waals surface area contributed by atoms with Crippen molar-refractivity contribution in [1.29, 1.82) is 0 Å². The van der Waals surface area contributed by atoms with Crippen molar-refractivity contribution < 1.29 is 4.79 Å². The van der Waals surface area contributed by atoms with Gasteiger partial charge in [0.2, 0.25) is 5.91 Å². The summed E-state index contributed by atoms with van der Waals surface area (Å²) in [5, 5.41) is 6.02.